The Balaban J connectivity index is 1.95. The molecule has 0 amide bonds. The topological polar surface area (TPSA) is 53.1 Å². The van der Waals surface area contributed by atoms with Gasteiger partial charge in [-0.3, -0.25) is 0 Å². The molecule has 20 heavy (non-hydrogen) atoms. The summed E-state index contributed by atoms with van der Waals surface area (Å²) in [7, 11) is 0. The minimum atomic E-state index is 0.342. The first-order chi connectivity index (χ1) is 9.72. The quantitative estimate of drug-likeness (QED) is 0.843. The summed E-state index contributed by atoms with van der Waals surface area (Å²) in [5.41, 5.74) is 7.07. The van der Waals surface area contributed by atoms with Crippen molar-refractivity contribution in [3.05, 3.63) is 48.5 Å². The molecular formula is C16H23N3O. The van der Waals surface area contributed by atoms with Gasteiger partial charge in [0.05, 0.1) is 12.9 Å². The van der Waals surface area contributed by atoms with Crippen molar-refractivity contribution in [3.63, 3.8) is 0 Å². The summed E-state index contributed by atoms with van der Waals surface area (Å²) in [6, 6.07) is 9.86. The van der Waals surface area contributed by atoms with E-state index >= 15 is 0 Å². The van der Waals surface area contributed by atoms with Gasteiger partial charge in [0.15, 0.2) is 0 Å². The Hall–Kier alpha value is -1.81. The summed E-state index contributed by atoms with van der Waals surface area (Å²) < 4.78 is 7.87. The fourth-order valence-corrected chi connectivity index (χ4v) is 2.34. The van der Waals surface area contributed by atoms with Gasteiger partial charge in [0.25, 0.3) is 0 Å². The zero-order chi connectivity index (χ0) is 14.4. The normalized spacial score (nSPS) is 12.6. The van der Waals surface area contributed by atoms with Crippen LogP contribution in [0.4, 0.5) is 0 Å². The summed E-state index contributed by atoms with van der Waals surface area (Å²) >= 11 is 0. The maximum absolute atomic E-state index is 5.88. The molecule has 0 saturated heterocycles. The lowest BCUT2D eigenvalue weighted by Gasteiger charge is -2.20. The molecule has 0 bridgehead atoms. The van der Waals surface area contributed by atoms with Crippen molar-refractivity contribution in [2.45, 2.75) is 26.3 Å². The van der Waals surface area contributed by atoms with E-state index in [-0.39, 0.29) is 0 Å². The predicted octanol–water partition coefficient (Wildman–Crippen LogP) is 2.66. The van der Waals surface area contributed by atoms with E-state index < -0.39 is 0 Å². The van der Waals surface area contributed by atoms with Crippen molar-refractivity contribution in [2.75, 3.05) is 13.2 Å². The molecule has 0 aliphatic rings. The van der Waals surface area contributed by atoms with Crippen molar-refractivity contribution in [1.82, 2.24) is 9.55 Å². The average molecular weight is 273 g/mol. The first kappa shape index (κ1) is 14.6. The third kappa shape index (κ3) is 3.61. The molecule has 2 aromatic rings. The molecule has 2 N–H and O–H groups in total. The average Bonchev–Trinajstić information content (AvgIpc) is 2.89. The monoisotopic (exact) mass is 273 g/mol. The number of hydrogen-bond donors (Lipinski definition) is 1. The number of nitrogens with zero attached hydrogens (tertiary/aromatic N) is 2. The van der Waals surface area contributed by atoms with Gasteiger partial charge in [-0.15, -0.1) is 0 Å². The molecule has 0 radical (unpaired) electrons. The molecule has 1 unspecified atom stereocenters. The third-order valence-corrected chi connectivity index (χ3v) is 3.53. The molecule has 4 nitrogen and oxygen atoms in total. The summed E-state index contributed by atoms with van der Waals surface area (Å²) in [4.78, 5) is 4.25. The highest BCUT2D eigenvalue weighted by Crippen LogP contribution is 2.22. The Kier molecular flexibility index (Phi) is 5.18. The first-order valence-corrected chi connectivity index (χ1v) is 7.10. The van der Waals surface area contributed by atoms with E-state index in [0.29, 0.717) is 25.0 Å². The van der Waals surface area contributed by atoms with Gasteiger partial charge in [-0.25, -0.2) is 4.98 Å². The molecule has 0 fully saturated rings. The Bertz CT molecular complexity index is 507. The minimum absolute atomic E-state index is 0.342. The van der Waals surface area contributed by atoms with Crippen LogP contribution in [-0.4, -0.2) is 22.7 Å². The highest BCUT2D eigenvalue weighted by atomic mass is 16.5. The van der Waals surface area contributed by atoms with Crippen molar-refractivity contribution >= 4 is 0 Å². The van der Waals surface area contributed by atoms with E-state index in [1.54, 1.807) is 0 Å². The second-order valence-electron chi connectivity index (χ2n) is 5.26. The van der Waals surface area contributed by atoms with E-state index in [1.807, 2.05) is 42.9 Å². The van der Waals surface area contributed by atoms with Gasteiger partial charge in [0.2, 0.25) is 0 Å². The van der Waals surface area contributed by atoms with Crippen LogP contribution in [0.5, 0.6) is 5.75 Å². The van der Waals surface area contributed by atoms with Gasteiger partial charge in [-0.1, -0.05) is 32.0 Å². The van der Waals surface area contributed by atoms with Crippen LogP contribution in [0.2, 0.25) is 0 Å². The molecule has 108 valence electrons. The largest absolute Gasteiger partial charge is 0.492 e. The zero-order valence-electron chi connectivity index (χ0n) is 12.2. The summed E-state index contributed by atoms with van der Waals surface area (Å²) in [6.07, 6.45) is 3.77. The summed E-state index contributed by atoms with van der Waals surface area (Å²) in [6.45, 7) is 6.43. The molecule has 1 atom stereocenters. The standard InChI is InChI=1S/C16H23N3O/c1-13(2)15(10-17)16-11-18-12-19(16)8-9-20-14-6-4-3-5-7-14/h3-7,11-13,15H,8-10,17H2,1-2H3. The lowest BCUT2D eigenvalue weighted by Crippen LogP contribution is -2.22. The number of aromatic nitrogens is 2. The van der Waals surface area contributed by atoms with Crippen LogP contribution >= 0.6 is 0 Å². The van der Waals surface area contributed by atoms with Crippen LogP contribution in [0.15, 0.2) is 42.9 Å². The number of nitrogens with two attached hydrogens (primary N) is 1. The third-order valence-electron chi connectivity index (χ3n) is 3.53. The number of ether oxygens (including phenoxy) is 1. The van der Waals surface area contributed by atoms with E-state index in [0.717, 1.165) is 12.3 Å². The summed E-state index contributed by atoms with van der Waals surface area (Å²) in [5.74, 6) is 1.74. The van der Waals surface area contributed by atoms with Crippen LogP contribution in [0.1, 0.15) is 25.5 Å². The zero-order valence-corrected chi connectivity index (χ0v) is 12.2. The highest BCUT2D eigenvalue weighted by molar-refractivity contribution is 5.20. The molecule has 1 aromatic heterocycles. The number of rotatable bonds is 7. The Morgan fingerprint density at radius 2 is 2.00 bits per heavy atom. The summed E-state index contributed by atoms with van der Waals surface area (Å²) in [5, 5.41) is 0. The maximum atomic E-state index is 5.88. The van der Waals surface area contributed by atoms with E-state index in [4.69, 9.17) is 10.5 Å². The molecule has 0 aliphatic heterocycles. The number of hydrogen-bond acceptors (Lipinski definition) is 3. The molecular weight excluding hydrogens is 250 g/mol. The Labute approximate surface area is 120 Å². The van der Waals surface area contributed by atoms with Crippen molar-refractivity contribution in [1.29, 1.82) is 0 Å². The van der Waals surface area contributed by atoms with E-state index in [2.05, 4.69) is 23.4 Å². The molecule has 2 rings (SSSR count). The smallest absolute Gasteiger partial charge is 0.119 e. The van der Waals surface area contributed by atoms with Crippen molar-refractivity contribution in [3.8, 4) is 5.75 Å². The SMILES string of the molecule is CC(C)C(CN)c1cncn1CCOc1ccccc1. The second kappa shape index (κ2) is 7.10. The lowest BCUT2D eigenvalue weighted by atomic mass is 9.93. The second-order valence-corrected chi connectivity index (χ2v) is 5.26. The molecule has 0 aliphatic carbocycles. The van der Waals surface area contributed by atoms with Gasteiger partial charge in [-0.2, -0.15) is 0 Å². The van der Waals surface area contributed by atoms with E-state index in [9.17, 15) is 0 Å². The first-order valence-electron chi connectivity index (χ1n) is 7.10. The molecule has 4 heteroatoms. The fraction of sp³-hybridized carbons (Fsp3) is 0.438. The predicted molar refractivity (Wildman–Crippen MR) is 80.8 cm³/mol. The molecule has 1 heterocycles. The molecule has 1 aromatic carbocycles. The Morgan fingerprint density at radius 1 is 1.25 bits per heavy atom. The van der Waals surface area contributed by atoms with Crippen LogP contribution in [0.25, 0.3) is 0 Å². The highest BCUT2D eigenvalue weighted by Gasteiger charge is 2.17. The van der Waals surface area contributed by atoms with Crippen LogP contribution in [0.3, 0.4) is 0 Å². The van der Waals surface area contributed by atoms with Crippen molar-refractivity contribution in [2.24, 2.45) is 11.7 Å². The van der Waals surface area contributed by atoms with Crippen molar-refractivity contribution < 1.29 is 4.74 Å². The van der Waals surface area contributed by atoms with E-state index in [1.165, 1.54) is 5.69 Å². The maximum Gasteiger partial charge on any atom is 0.119 e. The molecule has 0 saturated carbocycles. The lowest BCUT2D eigenvalue weighted by molar-refractivity contribution is 0.294. The van der Waals surface area contributed by atoms with Crippen LogP contribution < -0.4 is 10.5 Å². The molecule has 0 spiro atoms. The minimum Gasteiger partial charge on any atom is -0.492 e. The van der Waals surface area contributed by atoms with Gasteiger partial charge in [-0.05, 0) is 18.1 Å². The van der Waals surface area contributed by atoms with Gasteiger partial charge >= 0.3 is 0 Å². The number of benzene rings is 1. The fourth-order valence-electron chi connectivity index (χ4n) is 2.34. The Morgan fingerprint density at radius 3 is 2.65 bits per heavy atom. The van der Waals surface area contributed by atoms with Gasteiger partial charge in [0, 0.05) is 24.4 Å². The van der Waals surface area contributed by atoms with Crippen LogP contribution in [0, 0.1) is 5.92 Å². The van der Waals surface area contributed by atoms with Crippen LogP contribution in [-0.2, 0) is 6.54 Å². The van der Waals surface area contributed by atoms with Gasteiger partial charge in [0.1, 0.15) is 12.4 Å². The number of imidazole rings is 1. The van der Waals surface area contributed by atoms with Gasteiger partial charge < -0.3 is 15.0 Å². The number of para-hydroxylation sites is 1.